The van der Waals surface area contributed by atoms with Crippen molar-refractivity contribution in [1.29, 1.82) is 0 Å². The van der Waals surface area contributed by atoms with E-state index in [-0.39, 0.29) is 5.43 Å². The van der Waals surface area contributed by atoms with E-state index in [1.807, 2.05) is 18.9 Å². The van der Waals surface area contributed by atoms with E-state index >= 15 is 0 Å². The second kappa shape index (κ2) is 6.08. The number of nitrogens with zero attached hydrogens (tertiary/aromatic N) is 1. The number of likely N-dealkylation sites (N-methyl/N-ethyl adjacent to an activating group) is 1. The molecule has 1 rings (SSSR count). The highest BCUT2D eigenvalue weighted by molar-refractivity contribution is 7.71. The molecule has 1 aromatic rings. The Hall–Kier alpha value is -0.780. The Morgan fingerprint density at radius 1 is 1.44 bits per heavy atom. The van der Waals surface area contributed by atoms with Crippen LogP contribution in [0.2, 0.25) is 0 Å². The Morgan fingerprint density at radius 2 is 2.12 bits per heavy atom. The van der Waals surface area contributed by atoms with Crippen molar-refractivity contribution in [1.82, 2.24) is 0 Å². The van der Waals surface area contributed by atoms with E-state index in [0.29, 0.717) is 30.8 Å². The normalized spacial score (nSPS) is 10.9. The van der Waals surface area contributed by atoms with Crippen molar-refractivity contribution in [2.24, 2.45) is 5.73 Å². The highest BCUT2D eigenvalue weighted by atomic mass is 32.1. The number of ether oxygens (including phenoxy) is 1. The van der Waals surface area contributed by atoms with Crippen molar-refractivity contribution >= 4 is 17.9 Å². The SMILES string of the molecule is CCc1c(N(C)CCOCCN)c(=O)c1=S. The maximum atomic E-state index is 11.6. The molecule has 0 spiro atoms. The Kier molecular flexibility index (Phi) is 5.05. The van der Waals surface area contributed by atoms with Crippen molar-refractivity contribution in [3.63, 3.8) is 0 Å². The molecular weight excluding hydrogens is 224 g/mol. The highest BCUT2D eigenvalue weighted by Gasteiger charge is 2.19. The zero-order chi connectivity index (χ0) is 12.1. The lowest BCUT2D eigenvalue weighted by Crippen LogP contribution is -2.32. The van der Waals surface area contributed by atoms with E-state index in [0.717, 1.165) is 17.7 Å². The Balaban J connectivity index is 2.53. The van der Waals surface area contributed by atoms with Crippen LogP contribution >= 0.6 is 12.2 Å². The van der Waals surface area contributed by atoms with Crippen LogP contribution in [-0.2, 0) is 11.2 Å². The first-order valence-electron chi connectivity index (χ1n) is 5.44. The molecule has 0 bridgehead atoms. The lowest BCUT2D eigenvalue weighted by Gasteiger charge is -2.23. The number of hydrogen-bond donors (Lipinski definition) is 1. The zero-order valence-corrected chi connectivity index (χ0v) is 10.6. The predicted molar refractivity (Wildman–Crippen MR) is 68.4 cm³/mol. The predicted octanol–water partition coefficient (Wildman–Crippen LogP) is 0.626. The first-order chi connectivity index (χ1) is 7.63. The van der Waals surface area contributed by atoms with Crippen LogP contribution in [0.25, 0.3) is 0 Å². The fourth-order valence-corrected chi connectivity index (χ4v) is 1.99. The fourth-order valence-electron chi connectivity index (χ4n) is 1.66. The molecule has 0 aliphatic rings. The summed E-state index contributed by atoms with van der Waals surface area (Å²) in [7, 11) is 1.89. The number of rotatable bonds is 7. The molecule has 0 fully saturated rings. The van der Waals surface area contributed by atoms with Gasteiger partial charge in [0, 0.05) is 25.7 Å². The molecular formula is C11H18N2O2S. The van der Waals surface area contributed by atoms with E-state index < -0.39 is 0 Å². The minimum Gasteiger partial charge on any atom is -0.378 e. The largest absolute Gasteiger partial charge is 0.378 e. The Morgan fingerprint density at radius 3 is 2.69 bits per heavy atom. The van der Waals surface area contributed by atoms with Crippen LogP contribution in [0.15, 0.2) is 4.79 Å². The van der Waals surface area contributed by atoms with Crippen molar-refractivity contribution in [2.75, 3.05) is 38.3 Å². The maximum Gasteiger partial charge on any atom is 0.220 e. The number of nitrogens with two attached hydrogens (primary N) is 1. The van der Waals surface area contributed by atoms with Crippen LogP contribution in [0.4, 0.5) is 5.69 Å². The summed E-state index contributed by atoms with van der Waals surface area (Å²) in [6.45, 7) is 4.35. The van der Waals surface area contributed by atoms with Crippen LogP contribution < -0.4 is 16.1 Å². The topological polar surface area (TPSA) is 55.6 Å². The summed E-state index contributed by atoms with van der Waals surface area (Å²) in [5, 5.41) is 0. The molecule has 0 saturated carbocycles. The van der Waals surface area contributed by atoms with Crippen LogP contribution in [-0.4, -0.2) is 33.4 Å². The second-order valence-corrected chi connectivity index (χ2v) is 4.07. The molecule has 0 heterocycles. The molecule has 90 valence electrons. The van der Waals surface area contributed by atoms with Gasteiger partial charge in [-0.05, 0) is 6.42 Å². The van der Waals surface area contributed by atoms with Crippen LogP contribution in [0.5, 0.6) is 0 Å². The van der Waals surface area contributed by atoms with Gasteiger partial charge >= 0.3 is 0 Å². The summed E-state index contributed by atoms with van der Waals surface area (Å²) in [6.07, 6.45) is 0.813. The molecule has 0 aliphatic heterocycles. The van der Waals surface area contributed by atoms with E-state index in [1.165, 1.54) is 0 Å². The van der Waals surface area contributed by atoms with Gasteiger partial charge in [0.25, 0.3) is 0 Å². The maximum absolute atomic E-state index is 11.6. The first kappa shape index (κ1) is 13.3. The molecule has 2 N–H and O–H groups in total. The van der Waals surface area contributed by atoms with Gasteiger partial charge < -0.3 is 15.4 Å². The van der Waals surface area contributed by atoms with Crippen LogP contribution in [0.1, 0.15) is 12.5 Å². The van der Waals surface area contributed by atoms with Gasteiger partial charge in [0.15, 0.2) is 0 Å². The van der Waals surface area contributed by atoms with Crippen LogP contribution in [0.3, 0.4) is 0 Å². The van der Waals surface area contributed by atoms with E-state index in [2.05, 4.69) is 0 Å². The van der Waals surface area contributed by atoms with Gasteiger partial charge in [-0.25, -0.2) is 0 Å². The van der Waals surface area contributed by atoms with Crippen molar-refractivity contribution < 1.29 is 4.74 Å². The standard InChI is InChI=1S/C11H18N2O2S/c1-3-8-9(10(14)11(8)16)13(2)5-7-15-6-4-12/h3-7,12H2,1-2H3. The summed E-state index contributed by atoms with van der Waals surface area (Å²) in [5.41, 5.74) is 7.06. The molecule has 16 heavy (non-hydrogen) atoms. The summed E-state index contributed by atoms with van der Waals surface area (Å²) in [5.74, 6) is 0. The Labute approximate surface area is 101 Å². The monoisotopic (exact) mass is 242 g/mol. The molecule has 0 atom stereocenters. The minimum absolute atomic E-state index is 0.00632. The number of anilines is 1. The van der Waals surface area contributed by atoms with Gasteiger partial charge in [-0.15, -0.1) is 0 Å². The molecule has 0 saturated heterocycles. The zero-order valence-electron chi connectivity index (χ0n) is 9.78. The summed E-state index contributed by atoms with van der Waals surface area (Å²) in [4.78, 5) is 13.5. The third kappa shape index (κ3) is 2.66. The summed E-state index contributed by atoms with van der Waals surface area (Å²) in [6, 6.07) is 0. The fraction of sp³-hybridized carbons (Fsp3) is 0.636. The molecule has 4 nitrogen and oxygen atoms in total. The lowest BCUT2D eigenvalue weighted by molar-refractivity contribution is 0.148. The summed E-state index contributed by atoms with van der Waals surface area (Å²) >= 11 is 5.00. The molecule has 0 radical (unpaired) electrons. The van der Waals surface area contributed by atoms with E-state index in [4.69, 9.17) is 22.7 Å². The van der Waals surface area contributed by atoms with Crippen molar-refractivity contribution in [3.8, 4) is 0 Å². The quantitative estimate of drug-likeness (QED) is 0.561. The average molecular weight is 242 g/mol. The third-order valence-electron chi connectivity index (χ3n) is 2.55. The first-order valence-corrected chi connectivity index (χ1v) is 5.85. The second-order valence-electron chi connectivity index (χ2n) is 3.66. The minimum atomic E-state index is -0.00632. The molecule has 0 aromatic heterocycles. The Bertz CT molecular complexity index is 410. The molecule has 0 aliphatic carbocycles. The third-order valence-corrected chi connectivity index (χ3v) is 2.98. The average Bonchev–Trinajstić information content (AvgIpc) is 2.29. The highest BCUT2D eigenvalue weighted by Crippen LogP contribution is 2.20. The number of hydrogen-bond acceptors (Lipinski definition) is 5. The van der Waals surface area contributed by atoms with Crippen LogP contribution in [0, 0.1) is 4.51 Å². The van der Waals surface area contributed by atoms with Gasteiger partial charge in [0.05, 0.1) is 23.4 Å². The lowest BCUT2D eigenvalue weighted by atomic mass is 10.0. The summed E-state index contributed by atoms with van der Waals surface area (Å²) < 4.78 is 5.76. The smallest absolute Gasteiger partial charge is 0.220 e. The van der Waals surface area contributed by atoms with Gasteiger partial charge in [-0.1, -0.05) is 19.1 Å². The molecule has 5 heteroatoms. The van der Waals surface area contributed by atoms with E-state index in [1.54, 1.807) is 0 Å². The molecule has 0 amide bonds. The van der Waals surface area contributed by atoms with Crippen molar-refractivity contribution in [3.05, 3.63) is 20.3 Å². The molecule has 0 unspecified atom stereocenters. The van der Waals surface area contributed by atoms with Gasteiger partial charge in [-0.2, -0.15) is 0 Å². The van der Waals surface area contributed by atoms with E-state index in [9.17, 15) is 4.79 Å². The van der Waals surface area contributed by atoms with Gasteiger partial charge in [0.2, 0.25) is 5.43 Å². The van der Waals surface area contributed by atoms with Gasteiger partial charge in [0.1, 0.15) is 0 Å². The van der Waals surface area contributed by atoms with Gasteiger partial charge in [-0.3, -0.25) is 4.79 Å². The van der Waals surface area contributed by atoms with Crippen molar-refractivity contribution in [2.45, 2.75) is 13.3 Å². The molecule has 1 aromatic carbocycles.